The molecule has 6 heteroatoms. The van der Waals surface area contributed by atoms with E-state index in [-0.39, 0.29) is 0 Å². The highest BCUT2D eigenvalue weighted by Crippen LogP contribution is 2.38. The average molecular weight is 263 g/mol. The molecule has 0 amide bonds. The molecule has 0 spiro atoms. The van der Waals surface area contributed by atoms with Crippen LogP contribution >= 0.6 is 11.8 Å². The number of hydrogen-bond acceptors (Lipinski definition) is 6. The first-order valence-corrected chi connectivity index (χ1v) is 6.03. The van der Waals surface area contributed by atoms with Crippen molar-refractivity contribution in [1.82, 2.24) is 9.97 Å². The maximum Gasteiger partial charge on any atom is 0.241 e. The van der Waals surface area contributed by atoms with Gasteiger partial charge in [0.15, 0.2) is 0 Å². The molecular weight excluding hydrogens is 250 g/mol. The molecule has 0 unspecified atom stereocenters. The van der Waals surface area contributed by atoms with Gasteiger partial charge < -0.3 is 15.2 Å². The topological polar surface area (TPSA) is 70.3 Å². The van der Waals surface area contributed by atoms with Crippen LogP contribution in [-0.2, 0) is 0 Å². The molecule has 0 aliphatic heterocycles. The molecule has 1 aromatic carbocycles. The van der Waals surface area contributed by atoms with E-state index in [2.05, 4.69) is 9.97 Å². The number of ether oxygens (including phenoxy) is 2. The van der Waals surface area contributed by atoms with Crippen LogP contribution in [0.2, 0.25) is 0 Å². The van der Waals surface area contributed by atoms with Crippen molar-refractivity contribution in [2.75, 3.05) is 20.0 Å². The van der Waals surface area contributed by atoms with Gasteiger partial charge in [-0.3, -0.25) is 0 Å². The molecule has 2 aromatic rings. The van der Waals surface area contributed by atoms with Gasteiger partial charge in [-0.1, -0.05) is 23.9 Å². The van der Waals surface area contributed by atoms with Crippen LogP contribution in [0.25, 0.3) is 0 Å². The molecule has 0 saturated heterocycles. The van der Waals surface area contributed by atoms with Crippen LogP contribution in [0.1, 0.15) is 0 Å². The molecule has 0 radical (unpaired) electrons. The van der Waals surface area contributed by atoms with Crippen LogP contribution in [-0.4, -0.2) is 24.2 Å². The summed E-state index contributed by atoms with van der Waals surface area (Å²) in [6.45, 7) is 0. The molecule has 0 bridgehead atoms. The van der Waals surface area contributed by atoms with Crippen LogP contribution in [0, 0.1) is 0 Å². The minimum absolute atomic E-state index is 0.377. The van der Waals surface area contributed by atoms with E-state index in [1.165, 1.54) is 25.2 Å². The van der Waals surface area contributed by atoms with Crippen molar-refractivity contribution in [3.05, 3.63) is 30.6 Å². The predicted molar refractivity (Wildman–Crippen MR) is 70.1 cm³/mol. The number of rotatable bonds is 4. The molecule has 1 heterocycles. The van der Waals surface area contributed by atoms with E-state index in [1.54, 1.807) is 7.11 Å². The Labute approximate surface area is 109 Å². The highest BCUT2D eigenvalue weighted by Gasteiger charge is 2.12. The number of nitrogen functional groups attached to an aromatic ring is 1. The van der Waals surface area contributed by atoms with Gasteiger partial charge in [-0.2, -0.15) is 4.98 Å². The standard InChI is InChI=1S/C12H13N3O2S/c1-16-8-5-3-4-6-9(8)18-12-10(13)11(17-2)14-7-15-12/h3-7H,13H2,1-2H3. The van der Waals surface area contributed by atoms with Crippen molar-refractivity contribution in [3.63, 3.8) is 0 Å². The lowest BCUT2D eigenvalue weighted by Crippen LogP contribution is -1.99. The largest absolute Gasteiger partial charge is 0.496 e. The van der Waals surface area contributed by atoms with Crippen LogP contribution in [0.5, 0.6) is 11.6 Å². The van der Waals surface area contributed by atoms with Crippen LogP contribution in [0.3, 0.4) is 0 Å². The van der Waals surface area contributed by atoms with Crippen molar-refractivity contribution in [1.29, 1.82) is 0 Å². The number of nitrogens with zero attached hydrogens (tertiary/aromatic N) is 2. The summed E-state index contributed by atoms with van der Waals surface area (Å²) in [6.07, 6.45) is 1.42. The summed E-state index contributed by atoms with van der Waals surface area (Å²) >= 11 is 1.41. The molecule has 0 aliphatic carbocycles. The Morgan fingerprint density at radius 1 is 1.11 bits per heavy atom. The Morgan fingerprint density at radius 2 is 1.89 bits per heavy atom. The quantitative estimate of drug-likeness (QED) is 0.853. The third-order valence-corrected chi connectivity index (χ3v) is 3.36. The Morgan fingerprint density at radius 3 is 2.61 bits per heavy atom. The predicted octanol–water partition coefficient (Wildman–Crippen LogP) is 2.23. The van der Waals surface area contributed by atoms with Crippen molar-refractivity contribution >= 4 is 17.4 Å². The second-order valence-electron chi connectivity index (χ2n) is 3.35. The van der Waals surface area contributed by atoms with Gasteiger partial charge in [0.1, 0.15) is 22.8 Å². The zero-order chi connectivity index (χ0) is 13.0. The Bertz CT molecular complexity index is 549. The van der Waals surface area contributed by atoms with Gasteiger partial charge in [-0.15, -0.1) is 0 Å². The van der Waals surface area contributed by atoms with Gasteiger partial charge in [0.25, 0.3) is 0 Å². The maximum atomic E-state index is 5.92. The van der Waals surface area contributed by atoms with Crippen LogP contribution in [0.15, 0.2) is 40.5 Å². The molecule has 2 N–H and O–H groups in total. The number of benzene rings is 1. The van der Waals surface area contributed by atoms with E-state index in [0.29, 0.717) is 16.6 Å². The highest BCUT2D eigenvalue weighted by atomic mass is 32.2. The van der Waals surface area contributed by atoms with Crippen molar-refractivity contribution in [3.8, 4) is 11.6 Å². The van der Waals surface area contributed by atoms with Gasteiger partial charge in [-0.05, 0) is 12.1 Å². The summed E-state index contributed by atoms with van der Waals surface area (Å²) in [5.74, 6) is 1.15. The molecule has 0 saturated carbocycles. The summed E-state index contributed by atoms with van der Waals surface area (Å²) in [7, 11) is 3.15. The van der Waals surface area contributed by atoms with E-state index in [4.69, 9.17) is 15.2 Å². The lowest BCUT2D eigenvalue weighted by atomic mass is 10.3. The molecule has 2 rings (SSSR count). The molecule has 0 fully saturated rings. The van der Waals surface area contributed by atoms with Gasteiger partial charge in [0.05, 0.1) is 19.1 Å². The average Bonchev–Trinajstić information content (AvgIpc) is 2.42. The minimum atomic E-state index is 0.377. The van der Waals surface area contributed by atoms with Crippen LogP contribution in [0.4, 0.5) is 5.69 Å². The van der Waals surface area contributed by atoms with Crippen molar-refractivity contribution < 1.29 is 9.47 Å². The fourth-order valence-electron chi connectivity index (χ4n) is 1.42. The van der Waals surface area contributed by atoms with E-state index in [9.17, 15) is 0 Å². The van der Waals surface area contributed by atoms with Crippen molar-refractivity contribution in [2.45, 2.75) is 9.92 Å². The van der Waals surface area contributed by atoms with Gasteiger partial charge in [0, 0.05) is 0 Å². The Balaban J connectivity index is 2.34. The number of methoxy groups -OCH3 is 2. The van der Waals surface area contributed by atoms with E-state index < -0.39 is 0 Å². The van der Waals surface area contributed by atoms with E-state index in [1.807, 2.05) is 24.3 Å². The monoisotopic (exact) mass is 263 g/mol. The second kappa shape index (κ2) is 5.59. The number of anilines is 1. The fourth-order valence-corrected chi connectivity index (χ4v) is 2.32. The summed E-state index contributed by atoms with van der Waals surface area (Å²) in [4.78, 5) is 9.03. The number of nitrogens with two attached hydrogens (primary N) is 1. The third kappa shape index (κ3) is 2.48. The van der Waals surface area contributed by atoms with Crippen LogP contribution < -0.4 is 15.2 Å². The SMILES string of the molecule is COc1ccccc1Sc1ncnc(OC)c1N. The molecule has 5 nitrogen and oxygen atoms in total. The van der Waals surface area contributed by atoms with Gasteiger partial charge in [-0.25, -0.2) is 4.98 Å². The first-order chi connectivity index (χ1) is 8.76. The molecule has 1 aromatic heterocycles. The lowest BCUT2D eigenvalue weighted by molar-refractivity contribution is 0.397. The fraction of sp³-hybridized carbons (Fsp3) is 0.167. The van der Waals surface area contributed by atoms with E-state index in [0.717, 1.165) is 10.6 Å². The Kier molecular flexibility index (Phi) is 3.88. The molecule has 0 atom stereocenters. The number of para-hydroxylation sites is 1. The zero-order valence-corrected chi connectivity index (χ0v) is 10.9. The molecule has 94 valence electrons. The lowest BCUT2D eigenvalue weighted by Gasteiger charge is -2.09. The van der Waals surface area contributed by atoms with Gasteiger partial charge in [0.2, 0.25) is 5.88 Å². The molecular formula is C12H13N3O2S. The highest BCUT2D eigenvalue weighted by molar-refractivity contribution is 7.99. The van der Waals surface area contributed by atoms with Crippen molar-refractivity contribution in [2.24, 2.45) is 0 Å². The molecule has 18 heavy (non-hydrogen) atoms. The normalized spacial score (nSPS) is 10.1. The number of aromatic nitrogens is 2. The Hall–Kier alpha value is -1.95. The summed E-state index contributed by atoms with van der Waals surface area (Å²) < 4.78 is 10.3. The zero-order valence-electron chi connectivity index (χ0n) is 10.1. The number of hydrogen-bond donors (Lipinski definition) is 1. The maximum absolute atomic E-state index is 5.92. The first-order valence-electron chi connectivity index (χ1n) is 5.21. The minimum Gasteiger partial charge on any atom is -0.496 e. The third-order valence-electron chi connectivity index (χ3n) is 2.28. The molecule has 0 aliphatic rings. The summed E-state index contributed by atoms with van der Waals surface area (Å²) in [6, 6.07) is 7.67. The summed E-state index contributed by atoms with van der Waals surface area (Å²) in [5.41, 5.74) is 6.35. The summed E-state index contributed by atoms with van der Waals surface area (Å²) in [5, 5.41) is 0.645. The smallest absolute Gasteiger partial charge is 0.241 e. The van der Waals surface area contributed by atoms with Gasteiger partial charge >= 0.3 is 0 Å². The van der Waals surface area contributed by atoms with E-state index >= 15 is 0 Å². The first kappa shape index (κ1) is 12.5. The second-order valence-corrected chi connectivity index (χ2v) is 4.39.